The average Bonchev–Trinajstić information content (AvgIpc) is 2.88. The first kappa shape index (κ1) is 15.5. The Morgan fingerprint density at radius 1 is 1.43 bits per heavy atom. The Morgan fingerprint density at radius 3 is 2.90 bits per heavy atom. The number of nitrogens with one attached hydrogen (secondary N) is 1. The van der Waals surface area contributed by atoms with Gasteiger partial charge >= 0.3 is 0 Å². The van der Waals surface area contributed by atoms with E-state index in [-0.39, 0.29) is 5.91 Å². The van der Waals surface area contributed by atoms with Crippen LogP contribution in [0.3, 0.4) is 0 Å². The zero-order chi connectivity index (χ0) is 15.3. The molecule has 2 rings (SSSR count). The molecule has 114 valence electrons. The molecular weight excluding hydrogens is 264 g/mol. The zero-order valence-corrected chi connectivity index (χ0v) is 12.8. The molecule has 5 heteroatoms. The van der Waals surface area contributed by atoms with Crippen LogP contribution in [0.25, 0.3) is 10.9 Å². The van der Waals surface area contributed by atoms with Crippen LogP contribution in [0.4, 0.5) is 0 Å². The molecule has 0 aliphatic heterocycles. The van der Waals surface area contributed by atoms with Gasteiger partial charge in [-0.25, -0.2) is 0 Å². The van der Waals surface area contributed by atoms with Crippen molar-refractivity contribution in [3.05, 3.63) is 30.5 Å². The average molecular weight is 288 g/mol. The Hall–Kier alpha value is -1.88. The molecule has 21 heavy (non-hydrogen) atoms. The summed E-state index contributed by atoms with van der Waals surface area (Å²) in [4.78, 5) is 11.7. The molecule has 0 bridgehead atoms. The molecule has 0 aliphatic carbocycles. The van der Waals surface area contributed by atoms with E-state index in [1.165, 1.54) is 0 Å². The fraction of sp³-hybridized carbons (Fsp3) is 0.500. The number of primary amides is 1. The van der Waals surface area contributed by atoms with Crippen molar-refractivity contribution in [2.24, 2.45) is 5.73 Å². The number of hydrogen-bond donors (Lipinski definition) is 2. The second kappa shape index (κ2) is 6.72. The first-order valence-electron chi connectivity index (χ1n) is 7.52. The van der Waals surface area contributed by atoms with Gasteiger partial charge in [0.2, 0.25) is 5.91 Å². The van der Waals surface area contributed by atoms with Crippen molar-refractivity contribution >= 4 is 16.8 Å². The molecule has 1 atom stereocenters. The summed E-state index contributed by atoms with van der Waals surface area (Å²) in [7, 11) is 0. The summed E-state index contributed by atoms with van der Waals surface area (Å²) in [6.45, 7) is 5.53. The summed E-state index contributed by atoms with van der Waals surface area (Å²) >= 11 is 0. The van der Waals surface area contributed by atoms with Gasteiger partial charge in [0.05, 0.1) is 17.3 Å². The summed E-state index contributed by atoms with van der Waals surface area (Å²) in [6.07, 6.45) is 4.41. The largest absolute Gasteiger partial charge is 0.368 e. The normalized spacial score (nSPS) is 14.2. The van der Waals surface area contributed by atoms with Gasteiger partial charge in [0, 0.05) is 11.9 Å². The van der Waals surface area contributed by atoms with Gasteiger partial charge in [-0.1, -0.05) is 25.1 Å². The summed E-state index contributed by atoms with van der Waals surface area (Å²) in [5.74, 6) is -0.290. The SMILES string of the molecule is CCCNC(C)(CCCn1ncc2ccccc21)C(N)=O. The van der Waals surface area contributed by atoms with Crippen LogP contribution in [0.5, 0.6) is 0 Å². The molecule has 3 N–H and O–H groups in total. The van der Waals surface area contributed by atoms with Crippen LogP contribution in [0.1, 0.15) is 33.1 Å². The molecular formula is C16H24N4O. The van der Waals surface area contributed by atoms with E-state index in [0.29, 0.717) is 6.42 Å². The maximum absolute atomic E-state index is 11.7. The minimum absolute atomic E-state index is 0.290. The number of para-hydroxylation sites is 1. The van der Waals surface area contributed by atoms with Crippen molar-refractivity contribution in [2.75, 3.05) is 6.54 Å². The van der Waals surface area contributed by atoms with Crippen LogP contribution in [-0.2, 0) is 11.3 Å². The quantitative estimate of drug-likeness (QED) is 0.781. The number of nitrogens with zero attached hydrogens (tertiary/aromatic N) is 2. The molecule has 1 unspecified atom stereocenters. The third kappa shape index (κ3) is 3.61. The van der Waals surface area contributed by atoms with Crippen LogP contribution in [0.15, 0.2) is 30.5 Å². The molecule has 1 aromatic carbocycles. The molecule has 2 aromatic rings. The van der Waals surface area contributed by atoms with Gasteiger partial charge in [-0.15, -0.1) is 0 Å². The minimum Gasteiger partial charge on any atom is -0.368 e. The first-order valence-corrected chi connectivity index (χ1v) is 7.52. The van der Waals surface area contributed by atoms with Crippen LogP contribution in [0.2, 0.25) is 0 Å². The lowest BCUT2D eigenvalue weighted by Crippen LogP contribution is -2.53. The van der Waals surface area contributed by atoms with Gasteiger partial charge in [0.15, 0.2) is 0 Å². The van der Waals surface area contributed by atoms with E-state index in [9.17, 15) is 4.79 Å². The lowest BCUT2D eigenvalue weighted by Gasteiger charge is -2.27. The second-order valence-electron chi connectivity index (χ2n) is 5.65. The Bertz CT molecular complexity index is 607. The molecule has 1 amide bonds. The predicted octanol–water partition coefficient (Wildman–Crippen LogP) is 2.06. The van der Waals surface area contributed by atoms with Crippen molar-refractivity contribution in [3.63, 3.8) is 0 Å². The number of aromatic nitrogens is 2. The number of nitrogens with two attached hydrogens (primary N) is 1. The molecule has 1 aromatic heterocycles. The predicted molar refractivity (Wildman–Crippen MR) is 84.9 cm³/mol. The van der Waals surface area contributed by atoms with E-state index < -0.39 is 5.54 Å². The van der Waals surface area contributed by atoms with Crippen molar-refractivity contribution in [2.45, 2.75) is 45.2 Å². The summed E-state index contributed by atoms with van der Waals surface area (Å²) in [5.41, 5.74) is 6.02. The van der Waals surface area contributed by atoms with Crippen molar-refractivity contribution in [3.8, 4) is 0 Å². The van der Waals surface area contributed by atoms with Crippen LogP contribution >= 0.6 is 0 Å². The van der Waals surface area contributed by atoms with Crippen LogP contribution in [0, 0.1) is 0 Å². The first-order chi connectivity index (χ1) is 10.1. The molecule has 0 saturated heterocycles. The molecule has 5 nitrogen and oxygen atoms in total. The third-order valence-electron chi connectivity index (χ3n) is 3.91. The fourth-order valence-corrected chi connectivity index (χ4v) is 2.49. The zero-order valence-electron chi connectivity index (χ0n) is 12.8. The van der Waals surface area contributed by atoms with E-state index >= 15 is 0 Å². The van der Waals surface area contributed by atoms with Crippen LogP contribution in [-0.4, -0.2) is 27.8 Å². The van der Waals surface area contributed by atoms with Gasteiger partial charge in [-0.05, 0) is 38.8 Å². The van der Waals surface area contributed by atoms with E-state index in [1.54, 1.807) is 0 Å². The molecule has 0 spiro atoms. The minimum atomic E-state index is -0.640. The molecule has 1 heterocycles. The van der Waals surface area contributed by atoms with Crippen molar-refractivity contribution in [1.82, 2.24) is 15.1 Å². The number of benzene rings is 1. The number of aryl methyl sites for hydroxylation is 1. The number of hydrogen-bond acceptors (Lipinski definition) is 3. The van der Waals surface area contributed by atoms with Gasteiger partial charge in [0.1, 0.15) is 0 Å². The Morgan fingerprint density at radius 2 is 2.19 bits per heavy atom. The maximum Gasteiger partial charge on any atom is 0.237 e. The number of carbonyl (C=O) groups excluding carboxylic acids is 1. The number of rotatable bonds is 8. The number of amides is 1. The highest BCUT2D eigenvalue weighted by Crippen LogP contribution is 2.16. The summed E-state index contributed by atoms with van der Waals surface area (Å²) in [5, 5.41) is 8.80. The Kier molecular flexibility index (Phi) is 4.96. The molecule has 0 aliphatic rings. The maximum atomic E-state index is 11.7. The second-order valence-corrected chi connectivity index (χ2v) is 5.65. The van der Waals surface area contributed by atoms with Crippen molar-refractivity contribution < 1.29 is 4.79 Å². The van der Waals surface area contributed by atoms with Crippen LogP contribution < -0.4 is 11.1 Å². The van der Waals surface area contributed by atoms with Gasteiger partial charge in [0.25, 0.3) is 0 Å². The molecule has 0 fully saturated rings. The van der Waals surface area contributed by atoms with E-state index in [1.807, 2.05) is 29.9 Å². The summed E-state index contributed by atoms with van der Waals surface area (Å²) in [6, 6.07) is 8.13. The lowest BCUT2D eigenvalue weighted by atomic mass is 9.94. The Labute approximate surface area is 125 Å². The van der Waals surface area contributed by atoms with Gasteiger partial charge < -0.3 is 11.1 Å². The van der Waals surface area contributed by atoms with E-state index in [0.717, 1.165) is 36.8 Å². The Balaban J connectivity index is 1.97. The van der Waals surface area contributed by atoms with Crippen molar-refractivity contribution in [1.29, 1.82) is 0 Å². The third-order valence-corrected chi connectivity index (χ3v) is 3.91. The fourth-order valence-electron chi connectivity index (χ4n) is 2.49. The monoisotopic (exact) mass is 288 g/mol. The smallest absolute Gasteiger partial charge is 0.237 e. The van der Waals surface area contributed by atoms with Gasteiger partial charge in [-0.2, -0.15) is 5.10 Å². The van der Waals surface area contributed by atoms with E-state index in [4.69, 9.17) is 5.73 Å². The molecule has 0 saturated carbocycles. The lowest BCUT2D eigenvalue weighted by molar-refractivity contribution is -0.124. The van der Waals surface area contributed by atoms with Gasteiger partial charge in [-0.3, -0.25) is 9.48 Å². The molecule has 0 radical (unpaired) electrons. The highest BCUT2D eigenvalue weighted by Gasteiger charge is 2.29. The topological polar surface area (TPSA) is 72.9 Å². The highest BCUT2D eigenvalue weighted by molar-refractivity contribution is 5.84. The van der Waals surface area contributed by atoms with E-state index in [2.05, 4.69) is 29.5 Å². The highest BCUT2D eigenvalue weighted by atomic mass is 16.1. The number of carbonyl (C=O) groups is 1. The number of fused-ring (bicyclic) bond motifs is 1. The summed E-state index contributed by atoms with van der Waals surface area (Å²) < 4.78 is 1.98. The standard InChI is InChI=1S/C16H24N4O/c1-3-10-18-16(2,15(17)21)9-6-11-20-14-8-5-4-7-13(14)12-19-20/h4-5,7-8,12,18H,3,6,9-11H2,1-2H3,(H2,17,21).